The number of nitrogens with zero attached hydrogens (tertiary/aromatic N) is 2. The molecule has 0 spiro atoms. The molecule has 0 fully saturated rings. The third-order valence-electron chi connectivity index (χ3n) is 3.68. The van der Waals surface area contributed by atoms with Gasteiger partial charge in [-0.1, -0.05) is 60.4 Å². The van der Waals surface area contributed by atoms with E-state index in [1.165, 1.54) is 0 Å². The van der Waals surface area contributed by atoms with Gasteiger partial charge in [0.05, 0.1) is 23.1 Å². The van der Waals surface area contributed by atoms with Crippen molar-refractivity contribution in [2.24, 2.45) is 0 Å². The van der Waals surface area contributed by atoms with Gasteiger partial charge in [-0.05, 0) is 23.6 Å². The van der Waals surface area contributed by atoms with Crippen LogP contribution in [0.3, 0.4) is 0 Å². The van der Waals surface area contributed by atoms with Crippen LogP contribution in [-0.2, 0) is 0 Å². The van der Waals surface area contributed by atoms with E-state index in [1.54, 1.807) is 11.3 Å². The van der Waals surface area contributed by atoms with Gasteiger partial charge in [0.15, 0.2) is 0 Å². The summed E-state index contributed by atoms with van der Waals surface area (Å²) >= 11 is 1.65. The number of thiophene rings is 1. The lowest BCUT2D eigenvalue weighted by atomic mass is 10.1. The number of benzene rings is 2. The Morgan fingerprint density at radius 3 is 2.29 bits per heavy atom. The number of para-hydroxylation sites is 1. The van der Waals surface area contributed by atoms with Gasteiger partial charge in [0.2, 0.25) is 0 Å². The molecule has 2 nitrogen and oxygen atoms in total. The SMILES string of the molecule is C(#Cc1cnn(-c2ccccc2)c1-c1ccccc1)c1ccsc1. The van der Waals surface area contributed by atoms with Crippen molar-refractivity contribution >= 4 is 11.3 Å². The van der Waals surface area contributed by atoms with Crippen molar-refractivity contribution in [3.63, 3.8) is 0 Å². The van der Waals surface area contributed by atoms with E-state index < -0.39 is 0 Å². The minimum absolute atomic E-state index is 0.927. The summed E-state index contributed by atoms with van der Waals surface area (Å²) in [5, 5.41) is 8.67. The lowest BCUT2D eigenvalue weighted by Gasteiger charge is -2.08. The number of hydrogen-bond acceptors (Lipinski definition) is 2. The maximum Gasteiger partial charge on any atom is 0.0897 e. The molecule has 0 radical (unpaired) electrons. The van der Waals surface area contributed by atoms with E-state index in [4.69, 9.17) is 0 Å². The molecule has 2 aromatic carbocycles. The second-order valence-electron chi connectivity index (χ2n) is 5.28. The molecule has 0 aliphatic rings. The van der Waals surface area contributed by atoms with Crippen molar-refractivity contribution in [1.29, 1.82) is 0 Å². The highest BCUT2D eigenvalue weighted by molar-refractivity contribution is 7.08. The van der Waals surface area contributed by atoms with Crippen LogP contribution in [-0.4, -0.2) is 9.78 Å². The van der Waals surface area contributed by atoms with E-state index >= 15 is 0 Å². The molecule has 0 unspecified atom stereocenters. The fraction of sp³-hybridized carbons (Fsp3) is 0. The van der Waals surface area contributed by atoms with Gasteiger partial charge in [-0.2, -0.15) is 16.4 Å². The summed E-state index contributed by atoms with van der Waals surface area (Å²) in [6.45, 7) is 0. The zero-order valence-electron chi connectivity index (χ0n) is 12.9. The summed E-state index contributed by atoms with van der Waals surface area (Å²) < 4.78 is 1.95. The normalized spacial score (nSPS) is 10.2. The van der Waals surface area contributed by atoms with Gasteiger partial charge >= 0.3 is 0 Å². The first kappa shape index (κ1) is 14.5. The molecule has 0 bridgehead atoms. The van der Waals surface area contributed by atoms with Gasteiger partial charge in [-0.3, -0.25) is 0 Å². The summed E-state index contributed by atoms with van der Waals surface area (Å²) in [5.74, 6) is 6.50. The van der Waals surface area contributed by atoms with Crippen LogP contribution in [0.4, 0.5) is 0 Å². The highest BCUT2D eigenvalue weighted by Gasteiger charge is 2.12. The standard InChI is InChI=1S/C21H14N2S/c1-3-7-18(8-4-1)21-19(12-11-17-13-14-24-16-17)15-22-23(21)20-9-5-2-6-10-20/h1-10,13-16H. The number of rotatable bonds is 2. The van der Waals surface area contributed by atoms with Crippen LogP contribution in [0.15, 0.2) is 83.7 Å². The Morgan fingerprint density at radius 1 is 0.833 bits per heavy atom. The Hall–Kier alpha value is -3.09. The molecular formula is C21H14N2S. The van der Waals surface area contributed by atoms with Gasteiger partial charge in [0.1, 0.15) is 0 Å². The molecular weight excluding hydrogens is 312 g/mol. The molecule has 114 valence electrons. The minimum atomic E-state index is 0.927. The Balaban J connectivity index is 1.87. The first-order valence-electron chi connectivity index (χ1n) is 7.65. The maximum absolute atomic E-state index is 4.58. The summed E-state index contributed by atoms with van der Waals surface area (Å²) in [5.41, 5.74) is 5.11. The molecule has 4 aromatic rings. The monoisotopic (exact) mass is 326 g/mol. The zero-order chi connectivity index (χ0) is 16.2. The van der Waals surface area contributed by atoms with Gasteiger partial charge in [0, 0.05) is 16.5 Å². The summed E-state index contributed by atoms with van der Waals surface area (Å²) in [7, 11) is 0. The molecule has 0 aliphatic carbocycles. The maximum atomic E-state index is 4.58. The van der Waals surface area contributed by atoms with Crippen molar-refractivity contribution in [3.8, 4) is 28.8 Å². The van der Waals surface area contributed by atoms with E-state index in [-0.39, 0.29) is 0 Å². The third-order valence-corrected chi connectivity index (χ3v) is 4.36. The van der Waals surface area contributed by atoms with Gasteiger partial charge in [-0.15, -0.1) is 0 Å². The Labute approximate surface area is 145 Å². The largest absolute Gasteiger partial charge is 0.232 e. The number of aromatic nitrogens is 2. The highest BCUT2D eigenvalue weighted by Crippen LogP contribution is 2.26. The van der Waals surface area contributed by atoms with E-state index in [0.29, 0.717) is 0 Å². The Kier molecular flexibility index (Phi) is 3.97. The molecule has 0 N–H and O–H groups in total. The first-order chi connectivity index (χ1) is 11.9. The van der Waals surface area contributed by atoms with Crippen LogP contribution in [0.25, 0.3) is 16.9 Å². The van der Waals surface area contributed by atoms with Crippen LogP contribution < -0.4 is 0 Å². The third kappa shape index (κ3) is 2.88. The molecule has 0 atom stereocenters. The van der Waals surface area contributed by atoms with Crippen molar-refractivity contribution in [1.82, 2.24) is 9.78 Å². The van der Waals surface area contributed by atoms with Crippen molar-refractivity contribution in [2.45, 2.75) is 0 Å². The predicted octanol–water partition coefficient (Wildman–Crippen LogP) is 5.00. The smallest absolute Gasteiger partial charge is 0.0897 e. The van der Waals surface area contributed by atoms with Crippen LogP contribution in [0.2, 0.25) is 0 Å². The van der Waals surface area contributed by atoms with Crippen LogP contribution in [0, 0.1) is 11.8 Å². The first-order valence-corrected chi connectivity index (χ1v) is 8.59. The van der Waals surface area contributed by atoms with Crippen LogP contribution in [0.5, 0.6) is 0 Å². The molecule has 0 saturated heterocycles. The van der Waals surface area contributed by atoms with Crippen molar-refractivity contribution < 1.29 is 0 Å². The van der Waals surface area contributed by atoms with Crippen molar-refractivity contribution in [2.75, 3.05) is 0 Å². The molecule has 2 aromatic heterocycles. The number of hydrogen-bond donors (Lipinski definition) is 0. The quantitative estimate of drug-likeness (QED) is 0.474. The van der Waals surface area contributed by atoms with Gasteiger partial charge < -0.3 is 0 Å². The van der Waals surface area contributed by atoms with Crippen LogP contribution in [0.1, 0.15) is 11.1 Å². The summed E-state index contributed by atoms with van der Waals surface area (Å²) in [6, 6.07) is 22.4. The van der Waals surface area contributed by atoms with E-state index in [2.05, 4.69) is 46.6 Å². The molecule has 24 heavy (non-hydrogen) atoms. The average Bonchev–Trinajstić information content (AvgIpc) is 3.31. The topological polar surface area (TPSA) is 17.8 Å². The molecule has 0 saturated carbocycles. The zero-order valence-corrected chi connectivity index (χ0v) is 13.7. The predicted molar refractivity (Wildman–Crippen MR) is 99.3 cm³/mol. The van der Waals surface area contributed by atoms with Crippen LogP contribution >= 0.6 is 11.3 Å². The van der Waals surface area contributed by atoms with Crippen molar-refractivity contribution in [3.05, 3.63) is 94.8 Å². The lowest BCUT2D eigenvalue weighted by molar-refractivity contribution is 0.888. The van der Waals surface area contributed by atoms with Gasteiger partial charge in [0.25, 0.3) is 0 Å². The Bertz CT molecular complexity index is 988. The average molecular weight is 326 g/mol. The van der Waals surface area contributed by atoms with E-state index in [1.807, 2.05) is 58.7 Å². The second kappa shape index (κ2) is 6.57. The minimum Gasteiger partial charge on any atom is -0.232 e. The highest BCUT2D eigenvalue weighted by atomic mass is 32.1. The van der Waals surface area contributed by atoms with Gasteiger partial charge in [-0.25, -0.2) is 4.68 Å². The molecule has 0 amide bonds. The van der Waals surface area contributed by atoms with E-state index in [9.17, 15) is 0 Å². The molecule has 3 heteroatoms. The molecule has 0 aliphatic heterocycles. The summed E-state index contributed by atoms with van der Waals surface area (Å²) in [6.07, 6.45) is 1.84. The van der Waals surface area contributed by atoms with E-state index in [0.717, 1.165) is 28.1 Å². The Morgan fingerprint density at radius 2 is 1.58 bits per heavy atom. The fourth-order valence-corrected chi connectivity index (χ4v) is 3.14. The molecule has 2 heterocycles. The molecule has 4 rings (SSSR count). The summed E-state index contributed by atoms with van der Waals surface area (Å²) in [4.78, 5) is 0. The fourth-order valence-electron chi connectivity index (χ4n) is 2.55. The second-order valence-corrected chi connectivity index (χ2v) is 6.06. The lowest BCUT2D eigenvalue weighted by Crippen LogP contribution is -1.99.